The number of carbonyl (C=O) groups is 3. The minimum absolute atomic E-state index is 0.0281. The van der Waals surface area contributed by atoms with Crippen LogP contribution < -0.4 is 5.32 Å². The molecule has 2 aromatic carbocycles. The molecule has 2 N–H and O–H groups in total. The fourth-order valence-corrected chi connectivity index (χ4v) is 5.40. The average molecular weight is 465 g/mol. The molecule has 180 valence electrons. The van der Waals surface area contributed by atoms with E-state index >= 15 is 0 Å². The van der Waals surface area contributed by atoms with Crippen LogP contribution in [0.4, 0.5) is 4.79 Å². The van der Waals surface area contributed by atoms with E-state index in [4.69, 9.17) is 9.84 Å². The van der Waals surface area contributed by atoms with Crippen LogP contribution >= 0.6 is 0 Å². The maximum absolute atomic E-state index is 13.2. The summed E-state index contributed by atoms with van der Waals surface area (Å²) in [5.41, 5.74) is 3.84. The number of fused-ring (bicyclic) bond motifs is 3. The third kappa shape index (κ3) is 4.65. The molecule has 0 aliphatic heterocycles. The maximum Gasteiger partial charge on any atom is 0.407 e. The van der Waals surface area contributed by atoms with E-state index in [-0.39, 0.29) is 37.4 Å². The minimum atomic E-state index is -0.943. The number of nitrogens with one attached hydrogen (secondary N) is 1. The lowest BCUT2D eigenvalue weighted by atomic mass is 9.70. The maximum atomic E-state index is 13.2. The second-order valence-electron chi connectivity index (χ2n) is 9.56. The Balaban J connectivity index is 1.42. The molecule has 0 heterocycles. The van der Waals surface area contributed by atoms with E-state index in [1.54, 1.807) is 7.05 Å². The molecule has 2 aliphatic carbocycles. The number of rotatable bonds is 7. The highest BCUT2D eigenvalue weighted by atomic mass is 16.5. The Morgan fingerprint density at radius 2 is 1.68 bits per heavy atom. The number of carbonyl (C=O) groups excluding carboxylic acids is 2. The molecular weight excluding hydrogens is 432 g/mol. The Morgan fingerprint density at radius 1 is 1.06 bits per heavy atom. The molecule has 1 fully saturated rings. The monoisotopic (exact) mass is 464 g/mol. The zero-order valence-electron chi connectivity index (χ0n) is 19.8. The van der Waals surface area contributed by atoms with E-state index in [2.05, 4.69) is 29.6 Å². The summed E-state index contributed by atoms with van der Waals surface area (Å²) in [6.45, 7) is 2.22. The van der Waals surface area contributed by atoms with Crippen molar-refractivity contribution >= 4 is 18.0 Å². The number of nitrogens with zero attached hydrogens (tertiary/aromatic N) is 1. The third-order valence-electron chi connectivity index (χ3n) is 7.34. The molecule has 4 rings (SSSR count). The van der Waals surface area contributed by atoms with E-state index in [0.717, 1.165) is 24.0 Å². The van der Waals surface area contributed by atoms with Crippen molar-refractivity contribution in [3.05, 3.63) is 59.7 Å². The van der Waals surface area contributed by atoms with Gasteiger partial charge in [0.1, 0.15) is 6.61 Å². The highest BCUT2D eigenvalue weighted by molar-refractivity contribution is 5.84. The number of ether oxygens (including phenoxy) is 1. The van der Waals surface area contributed by atoms with Crippen molar-refractivity contribution in [1.29, 1.82) is 0 Å². The molecule has 2 aromatic rings. The van der Waals surface area contributed by atoms with E-state index < -0.39 is 17.5 Å². The molecule has 2 aliphatic rings. The quantitative estimate of drug-likeness (QED) is 0.633. The first-order valence-electron chi connectivity index (χ1n) is 11.9. The van der Waals surface area contributed by atoms with Gasteiger partial charge in [-0.15, -0.1) is 0 Å². The van der Waals surface area contributed by atoms with Crippen molar-refractivity contribution in [2.75, 3.05) is 20.2 Å². The topological polar surface area (TPSA) is 95.9 Å². The van der Waals surface area contributed by atoms with Crippen LogP contribution in [0.1, 0.15) is 56.1 Å². The number of carboxylic acids is 1. The summed E-state index contributed by atoms with van der Waals surface area (Å²) >= 11 is 0. The summed E-state index contributed by atoms with van der Waals surface area (Å²) in [5, 5.41) is 11.9. The van der Waals surface area contributed by atoms with Crippen LogP contribution in [-0.2, 0) is 14.3 Å². The second-order valence-corrected chi connectivity index (χ2v) is 9.56. The average Bonchev–Trinajstić information content (AvgIpc) is 3.16. The van der Waals surface area contributed by atoms with E-state index in [1.807, 2.05) is 31.2 Å². The van der Waals surface area contributed by atoms with Crippen LogP contribution in [-0.4, -0.2) is 54.2 Å². The first-order valence-corrected chi connectivity index (χ1v) is 11.9. The Bertz CT molecular complexity index is 1040. The van der Waals surface area contributed by atoms with Gasteiger partial charge >= 0.3 is 12.1 Å². The van der Waals surface area contributed by atoms with E-state index in [9.17, 15) is 14.4 Å². The van der Waals surface area contributed by atoms with Gasteiger partial charge < -0.3 is 20.1 Å². The normalized spacial score (nSPS) is 21.3. The van der Waals surface area contributed by atoms with Crippen molar-refractivity contribution in [2.45, 2.75) is 51.0 Å². The number of benzene rings is 2. The molecule has 0 aromatic heterocycles. The number of aliphatic carboxylic acids is 1. The second kappa shape index (κ2) is 9.87. The van der Waals surface area contributed by atoms with E-state index in [1.165, 1.54) is 16.0 Å². The highest BCUT2D eigenvalue weighted by Crippen LogP contribution is 2.44. The van der Waals surface area contributed by atoms with Gasteiger partial charge in [0.15, 0.2) is 0 Å². The number of alkyl carbamates (subject to hydrolysis) is 1. The van der Waals surface area contributed by atoms with Crippen LogP contribution in [0.3, 0.4) is 0 Å². The van der Waals surface area contributed by atoms with Gasteiger partial charge in [-0.05, 0) is 42.0 Å². The molecule has 2 unspecified atom stereocenters. The molecule has 1 saturated carbocycles. The zero-order valence-corrected chi connectivity index (χ0v) is 19.8. The minimum Gasteiger partial charge on any atom is -0.481 e. The number of amides is 2. The van der Waals surface area contributed by atoms with Crippen LogP contribution in [0.2, 0.25) is 0 Å². The van der Waals surface area contributed by atoms with Crippen molar-refractivity contribution in [3.63, 3.8) is 0 Å². The standard InChI is InChI=1S/C27H32N2O5/c1-27(25(32)29(2)16-14-24(30)31)15-8-7-13-23(27)28-26(33)34-17-22-20-11-5-3-9-18(20)19-10-4-6-12-21(19)22/h3-6,9-12,22-23H,7-8,13-17H2,1-2H3,(H,28,33)(H,30,31). The molecule has 2 amide bonds. The van der Waals surface area contributed by atoms with Crippen LogP contribution in [0, 0.1) is 5.41 Å². The van der Waals surface area contributed by atoms with Gasteiger partial charge in [0.05, 0.1) is 11.8 Å². The smallest absolute Gasteiger partial charge is 0.407 e. The summed E-state index contributed by atoms with van der Waals surface area (Å²) in [6.07, 6.45) is 2.48. The Morgan fingerprint density at radius 3 is 2.29 bits per heavy atom. The van der Waals surface area contributed by atoms with Crippen molar-refractivity contribution in [1.82, 2.24) is 10.2 Å². The highest BCUT2D eigenvalue weighted by Gasteiger charge is 2.45. The number of hydrogen-bond acceptors (Lipinski definition) is 4. The molecular formula is C27H32N2O5. The summed E-state index contributed by atoms with van der Waals surface area (Å²) in [7, 11) is 1.62. The molecule has 34 heavy (non-hydrogen) atoms. The van der Waals surface area contributed by atoms with Crippen LogP contribution in [0.15, 0.2) is 48.5 Å². The lowest BCUT2D eigenvalue weighted by Gasteiger charge is -2.42. The predicted molar refractivity (Wildman–Crippen MR) is 128 cm³/mol. The predicted octanol–water partition coefficient (Wildman–Crippen LogP) is 4.41. The fourth-order valence-electron chi connectivity index (χ4n) is 5.40. The Kier molecular flexibility index (Phi) is 6.91. The number of carboxylic acid groups (broad SMARTS) is 1. The summed E-state index contributed by atoms with van der Waals surface area (Å²) in [6, 6.07) is 16.0. The van der Waals surface area contributed by atoms with E-state index in [0.29, 0.717) is 12.8 Å². The summed E-state index contributed by atoms with van der Waals surface area (Å²) in [4.78, 5) is 38.4. The fraction of sp³-hybridized carbons (Fsp3) is 0.444. The molecule has 0 spiro atoms. The first-order chi connectivity index (χ1) is 16.3. The zero-order chi connectivity index (χ0) is 24.3. The third-order valence-corrected chi connectivity index (χ3v) is 7.34. The van der Waals surface area contributed by atoms with Crippen molar-refractivity contribution < 1.29 is 24.2 Å². The molecule has 2 atom stereocenters. The summed E-state index contributed by atoms with van der Waals surface area (Å²) < 4.78 is 5.70. The molecule has 0 bridgehead atoms. The van der Waals surface area contributed by atoms with Crippen LogP contribution in [0.5, 0.6) is 0 Å². The van der Waals surface area contributed by atoms with Crippen molar-refractivity contribution in [2.24, 2.45) is 5.41 Å². The van der Waals surface area contributed by atoms with Crippen molar-refractivity contribution in [3.8, 4) is 11.1 Å². The Hall–Kier alpha value is -3.35. The van der Waals surface area contributed by atoms with Gasteiger partial charge in [-0.2, -0.15) is 0 Å². The van der Waals surface area contributed by atoms with Gasteiger partial charge in [-0.25, -0.2) is 4.79 Å². The van der Waals surface area contributed by atoms with Crippen LogP contribution in [0.25, 0.3) is 11.1 Å². The largest absolute Gasteiger partial charge is 0.481 e. The van der Waals surface area contributed by atoms with Gasteiger partial charge in [-0.3, -0.25) is 9.59 Å². The first kappa shape index (κ1) is 23.8. The van der Waals surface area contributed by atoms with Gasteiger partial charge in [0.25, 0.3) is 0 Å². The SMILES string of the molecule is CN(CCC(=O)O)C(=O)C1(C)CCCCC1NC(=O)OCC1c2ccccc2-c2ccccc21. The molecule has 7 nitrogen and oxygen atoms in total. The Labute approximate surface area is 200 Å². The molecule has 0 radical (unpaired) electrons. The number of hydrogen-bond donors (Lipinski definition) is 2. The molecule has 0 saturated heterocycles. The van der Waals surface area contributed by atoms with Gasteiger partial charge in [0, 0.05) is 25.6 Å². The lowest BCUT2D eigenvalue weighted by molar-refractivity contribution is -0.144. The lowest BCUT2D eigenvalue weighted by Crippen LogP contribution is -2.56. The van der Waals surface area contributed by atoms with Gasteiger partial charge in [-0.1, -0.05) is 61.4 Å². The summed E-state index contributed by atoms with van der Waals surface area (Å²) in [5.74, 6) is -1.11. The van der Waals surface area contributed by atoms with Gasteiger partial charge in [0.2, 0.25) is 5.91 Å². The molecule has 7 heteroatoms.